The second kappa shape index (κ2) is 5.15. The molecule has 0 heterocycles. The zero-order chi connectivity index (χ0) is 13.4. The third-order valence-corrected chi connectivity index (χ3v) is 4.72. The maximum Gasteiger partial charge on any atom is 0.127 e. The maximum atomic E-state index is 13.8. The highest BCUT2D eigenvalue weighted by atomic mass is 35.5. The van der Waals surface area contributed by atoms with Crippen LogP contribution in [0.5, 0.6) is 0 Å². The third kappa shape index (κ3) is 2.37. The lowest BCUT2D eigenvalue weighted by molar-refractivity contribution is 0.519. The van der Waals surface area contributed by atoms with Gasteiger partial charge in [0.25, 0.3) is 0 Å². The summed E-state index contributed by atoms with van der Waals surface area (Å²) in [6, 6.07) is 13.0. The van der Waals surface area contributed by atoms with E-state index in [1.165, 1.54) is 17.2 Å². The van der Waals surface area contributed by atoms with Crippen LogP contribution in [0.2, 0.25) is 5.02 Å². The Kier molecular flexibility index (Phi) is 3.51. The Morgan fingerprint density at radius 2 is 1.89 bits per heavy atom. The van der Waals surface area contributed by atoms with E-state index < -0.39 is 0 Å². The lowest BCUT2D eigenvalue weighted by atomic mass is 9.96. The van der Waals surface area contributed by atoms with Crippen LogP contribution in [0.4, 0.5) is 4.39 Å². The molecular weight excluding hydrogens is 282 g/mol. The summed E-state index contributed by atoms with van der Waals surface area (Å²) in [4.78, 5) is 0. The number of hydrogen-bond donors (Lipinski definition) is 0. The van der Waals surface area contributed by atoms with Crippen LogP contribution in [0.25, 0.3) is 0 Å². The second-order valence-electron chi connectivity index (χ2n) is 4.97. The van der Waals surface area contributed by atoms with Gasteiger partial charge in [0.2, 0.25) is 0 Å². The third-order valence-electron chi connectivity index (χ3n) is 3.78. The molecule has 0 amide bonds. The van der Waals surface area contributed by atoms with Crippen LogP contribution >= 0.6 is 23.2 Å². The zero-order valence-corrected chi connectivity index (χ0v) is 11.8. The van der Waals surface area contributed by atoms with Crippen LogP contribution in [0.1, 0.15) is 22.1 Å². The SMILES string of the molecule is Fc1cccc(Cl)c1CC1Cc2ccccc2C1Cl. The number of alkyl halides is 1. The standard InChI is InChI=1S/C16H13Cl2F/c17-14-6-3-7-15(19)13(14)9-11-8-10-4-1-2-5-12(10)16(11)18/h1-7,11,16H,8-9H2. The van der Waals surface area contributed by atoms with E-state index in [-0.39, 0.29) is 17.1 Å². The van der Waals surface area contributed by atoms with E-state index in [1.54, 1.807) is 12.1 Å². The van der Waals surface area contributed by atoms with E-state index in [0.29, 0.717) is 17.0 Å². The molecule has 0 radical (unpaired) electrons. The van der Waals surface area contributed by atoms with Gasteiger partial charge in [-0.25, -0.2) is 4.39 Å². The largest absolute Gasteiger partial charge is 0.207 e. The van der Waals surface area contributed by atoms with Gasteiger partial charge in [0.1, 0.15) is 5.82 Å². The minimum absolute atomic E-state index is 0.0631. The van der Waals surface area contributed by atoms with Crippen molar-refractivity contribution in [2.24, 2.45) is 5.92 Å². The van der Waals surface area contributed by atoms with Gasteiger partial charge in [-0.1, -0.05) is 41.9 Å². The van der Waals surface area contributed by atoms with Gasteiger partial charge < -0.3 is 0 Å². The van der Waals surface area contributed by atoms with Gasteiger partial charge in [-0.2, -0.15) is 0 Å². The molecule has 0 N–H and O–H groups in total. The Hall–Kier alpha value is -1.05. The van der Waals surface area contributed by atoms with Crippen LogP contribution in [-0.4, -0.2) is 0 Å². The summed E-state index contributed by atoms with van der Waals surface area (Å²) in [5, 5.41) is 0.423. The summed E-state index contributed by atoms with van der Waals surface area (Å²) >= 11 is 12.6. The van der Waals surface area contributed by atoms with E-state index in [1.807, 2.05) is 12.1 Å². The number of rotatable bonds is 2. The molecule has 2 aromatic carbocycles. The highest BCUT2D eigenvalue weighted by molar-refractivity contribution is 6.31. The van der Waals surface area contributed by atoms with Crippen molar-refractivity contribution in [2.75, 3.05) is 0 Å². The van der Waals surface area contributed by atoms with Gasteiger partial charge in [-0.05, 0) is 42.0 Å². The highest BCUT2D eigenvalue weighted by Gasteiger charge is 2.31. The molecule has 1 aliphatic carbocycles. The molecule has 0 bridgehead atoms. The van der Waals surface area contributed by atoms with Crippen molar-refractivity contribution in [3.05, 3.63) is 70.0 Å². The monoisotopic (exact) mass is 294 g/mol. The van der Waals surface area contributed by atoms with E-state index in [0.717, 1.165) is 6.42 Å². The quantitative estimate of drug-likeness (QED) is 0.670. The van der Waals surface area contributed by atoms with E-state index in [9.17, 15) is 4.39 Å². The molecule has 0 fully saturated rings. The molecule has 0 spiro atoms. The van der Waals surface area contributed by atoms with Crippen molar-refractivity contribution in [3.8, 4) is 0 Å². The highest BCUT2D eigenvalue weighted by Crippen LogP contribution is 2.43. The lowest BCUT2D eigenvalue weighted by Crippen LogP contribution is -2.08. The molecular formula is C16H13Cl2F. The Morgan fingerprint density at radius 1 is 1.11 bits per heavy atom. The molecule has 98 valence electrons. The van der Waals surface area contributed by atoms with Crippen LogP contribution in [0, 0.1) is 11.7 Å². The number of benzene rings is 2. The molecule has 0 saturated heterocycles. The molecule has 0 saturated carbocycles. The molecule has 0 aliphatic heterocycles. The number of hydrogen-bond acceptors (Lipinski definition) is 0. The summed E-state index contributed by atoms with van der Waals surface area (Å²) < 4.78 is 13.8. The number of fused-ring (bicyclic) bond motifs is 1. The van der Waals surface area contributed by atoms with Crippen molar-refractivity contribution < 1.29 is 4.39 Å². The molecule has 2 unspecified atom stereocenters. The first kappa shape index (κ1) is 13.0. The summed E-state index contributed by atoms with van der Waals surface area (Å²) in [5.41, 5.74) is 3.01. The Balaban J connectivity index is 1.87. The van der Waals surface area contributed by atoms with Crippen molar-refractivity contribution in [1.29, 1.82) is 0 Å². The van der Waals surface area contributed by atoms with Gasteiger partial charge in [0.15, 0.2) is 0 Å². The predicted octanol–water partition coefficient (Wildman–Crippen LogP) is 5.17. The smallest absolute Gasteiger partial charge is 0.127 e. The van der Waals surface area contributed by atoms with Crippen LogP contribution in [-0.2, 0) is 12.8 Å². The van der Waals surface area contributed by atoms with Crippen molar-refractivity contribution >= 4 is 23.2 Å². The Morgan fingerprint density at radius 3 is 2.63 bits per heavy atom. The summed E-state index contributed by atoms with van der Waals surface area (Å²) in [6.07, 6.45) is 1.46. The predicted molar refractivity (Wildman–Crippen MR) is 77.3 cm³/mol. The Labute approximate surface area is 122 Å². The molecule has 0 aromatic heterocycles. The topological polar surface area (TPSA) is 0 Å². The average molecular weight is 295 g/mol. The van der Waals surface area contributed by atoms with Gasteiger partial charge >= 0.3 is 0 Å². The first-order valence-corrected chi connectivity index (χ1v) is 7.13. The van der Waals surface area contributed by atoms with Crippen LogP contribution in [0.3, 0.4) is 0 Å². The van der Waals surface area contributed by atoms with Gasteiger partial charge in [0, 0.05) is 10.6 Å². The van der Waals surface area contributed by atoms with Gasteiger partial charge in [0.05, 0.1) is 5.38 Å². The van der Waals surface area contributed by atoms with Crippen LogP contribution < -0.4 is 0 Å². The van der Waals surface area contributed by atoms with E-state index in [4.69, 9.17) is 23.2 Å². The Bertz CT molecular complexity index is 589. The lowest BCUT2D eigenvalue weighted by Gasteiger charge is -2.15. The van der Waals surface area contributed by atoms with Gasteiger partial charge in [-0.15, -0.1) is 11.6 Å². The summed E-state index contributed by atoms with van der Waals surface area (Å²) in [5.74, 6) is -0.0409. The first-order chi connectivity index (χ1) is 9.16. The fraction of sp³-hybridized carbons (Fsp3) is 0.250. The van der Waals surface area contributed by atoms with Gasteiger partial charge in [-0.3, -0.25) is 0 Å². The van der Waals surface area contributed by atoms with E-state index in [2.05, 4.69) is 12.1 Å². The fourth-order valence-electron chi connectivity index (χ4n) is 2.79. The first-order valence-electron chi connectivity index (χ1n) is 6.31. The van der Waals surface area contributed by atoms with Crippen molar-refractivity contribution in [3.63, 3.8) is 0 Å². The maximum absolute atomic E-state index is 13.8. The summed E-state index contributed by atoms with van der Waals surface area (Å²) in [6.45, 7) is 0. The minimum Gasteiger partial charge on any atom is -0.207 e. The van der Waals surface area contributed by atoms with E-state index >= 15 is 0 Å². The molecule has 2 atom stereocenters. The van der Waals surface area contributed by atoms with Crippen molar-refractivity contribution in [1.82, 2.24) is 0 Å². The normalized spacial score (nSPS) is 21.4. The zero-order valence-electron chi connectivity index (χ0n) is 10.2. The fourth-order valence-corrected chi connectivity index (χ4v) is 3.43. The van der Waals surface area contributed by atoms with Crippen LogP contribution in [0.15, 0.2) is 42.5 Å². The molecule has 1 aliphatic rings. The molecule has 3 rings (SSSR count). The summed E-state index contributed by atoms with van der Waals surface area (Å²) in [7, 11) is 0. The molecule has 19 heavy (non-hydrogen) atoms. The van der Waals surface area contributed by atoms with Crippen molar-refractivity contribution in [2.45, 2.75) is 18.2 Å². The molecule has 0 nitrogen and oxygen atoms in total. The second-order valence-corrected chi connectivity index (χ2v) is 5.85. The number of halogens is 3. The minimum atomic E-state index is -0.243. The molecule has 2 aromatic rings. The molecule has 3 heteroatoms. The average Bonchev–Trinajstić information content (AvgIpc) is 2.72.